The summed E-state index contributed by atoms with van der Waals surface area (Å²) in [6.07, 6.45) is 3.99. The molecule has 0 heterocycles. The van der Waals surface area contributed by atoms with Gasteiger partial charge in [0.05, 0.1) is 13.0 Å². The van der Waals surface area contributed by atoms with Crippen molar-refractivity contribution in [1.29, 1.82) is 0 Å². The monoisotopic (exact) mass is 198 g/mol. The van der Waals surface area contributed by atoms with E-state index in [0.717, 1.165) is 0 Å². The van der Waals surface area contributed by atoms with Gasteiger partial charge >= 0.3 is 5.97 Å². The first kappa shape index (κ1) is 12.9. The van der Waals surface area contributed by atoms with Gasteiger partial charge in [-0.2, -0.15) is 0 Å². The molecule has 0 saturated carbocycles. The van der Waals surface area contributed by atoms with Crippen LogP contribution in [-0.4, -0.2) is 18.9 Å². The van der Waals surface area contributed by atoms with Gasteiger partial charge in [0.25, 0.3) is 0 Å². The summed E-state index contributed by atoms with van der Waals surface area (Å²) < 4.78 is 4.67. The number of rotatable bonds is 5. The van der Waals surface area contributed by atoms with Crippen LogP contribution >= 0.6 is 0 Å². The van der Waals surface area contributed by atoms with Crippen molar-refractivity contribution in [1.82, 2.24) is 0 Å². The number of ketones is 1. The summed E-state index contributed by atoms with van der Waals surface area (Å²) in [5.41, 5.74) is 0. The molecule has 0 aromatic heterocycles. The number of carbonyl (C=O) groups is 2. The van der Waals surface area contributed by atoms with E-state index < -0.39 is 0 Å². The fourth-order valence-corrected chi connectivity index (χ4v) is 1.42. The summed E-state index contributed by atoms with van der Waals surface area (Å²) in [5.74, 6) is -0.502. The Labute approximate surface area is 85.1 Å². The molecule has 0 unspecified atom stereocenters. The van der Waals surface area contributed by atoms with E-state index in [9.17, 15) is 9.59 Å². The highest BCUT2D eigenvalue weighted by molar-refractivity contribution is 5.78. The lowest BCUT2D eigenvalue weighted by molar-refractivity contribution is -0.145. The molecule has 0 aliphatic rings. The second-order valence-corrected chi connectivity index (χ2v) is 3.46. The highest BCUT2D eigenvalue weighted by Gasteiger charge is 2.23. The third-order valence-corrected chi connectivity index (χ3v) is 2.10. The average Bonchev–Trinajstić information content (AvgIpc) is 2.11. The number of ether oxygens (including phenoxy) is 1. The molecule has 3 heteroatoms. The smallest absolute Gasteiger partial charge is 0.312 e. The summed E-state index contributed by atoms with van der Waals surface area (Å²) in [5, 5.41) is 0. The Bertz CT molecular complexity index is 231. The maximum absolute atomic E-state index is 11.3. The Morgan fingerprint density at radius 1 is 1.43 bits per heavy atom. The van der Waals surface area contributed by atoms with Gasteiger partial charge in [-0.3, -0.25) is 4.79 Å². The number of esters is 1. The molecule has 0 rings (SSSR count). The average molecular weight is 198 g/mol. The second-order valence-electron chi connectivity index (χ2n) is 3.46. The molecule has 14 heavy (non-hydrogen) atoms. The topological polar surface area (TPSA) is 43.4 Å². The zero-order chi connectivity index (χ0) is 11.1. The Morgan fingerprint density at radius 3 is 2.36 bits per heavy atom. The SMILES string of the molecule is C/C=C/[C@H](C(=O)OC)[C@@H](C)CC(C)=O. The first-order chi connectivity index (χ1) is 6.52. The van der Waals surface area contributed by atoms with E-state index in [-0.39, 0.29) is 23.6 Å². The molecule has 80 valence electrons. The largest absolute Gasteiger partial charge is 0.469 e. The van der Waals surface area contributed by atoms with Gasteiger partial charge in [-0.05, 0) is 19.8 Å². The second kappa shape index (κ2) is 6.35. The van der Waals surface area contributed by atoms with Crippen molar-refractivity contribution >= 4 is 11.8 Å². The molecule has 0 aromatic carbocycles. The van der Waals surface area contributed by atoms with Crippen LogP contribution in [0, 0.1) is 11.8 Å². The van der Waals surface area contributed by atoms with Crippen molar-refractivity contribution in [3.63, 3.8) is 0 Å². The predicted octanol–water partition coefficient (Wildman–Crippen LogP) is 1.97. The normalized spacial score (nSPS) is 15.1. The van der Waals surface area contributed by atoms with Crippen molar-refractivity contribution < 1.29 is 14.3 Å². The van der Waals surface area contributed by atoms with E-state index in [1.165, 1.54) is 14.0 Å². The quantitative estimate of drug-likeness (QED) is 0.501. The standard InChI is InChI=1S/C11H18O3/c1-5-6-10(11(13)14-4)8(2)7-9(3)12/h5-6,8,10H,7H2,1-4H3/b6-5+/t8-,10-/m0/s1. The van der Waals surface area contributed by atoms with Crippen LogP contribution in [0.5, 0.6) is 0 Å². The zero-order valence-electron chi connectivity index (χ0n) is 9.24. The summed E-state index contributed by atoms with van der Waals surface area (Å²) in [4.78, 5) is 22.2. The van der Waals surface area contributed by atoms with Crippen LogP contribution in [0.25, 0.3) is 0 Å². The molecule has 0 aromatic rings. The van der Waals surface area contributed by atoms with E-state index in [4.69, 9.17) is 0 Å². The molecule has 3 nitrogen and oxygen atoms in total. The van der Waals surface area contributed by atoms with E-state index in [1.807, 2.05) is 13.8 Å². The molecule has 0 fully saturated rings. The number of carbonyl (C=O) groups excluding carboxylic acids is 2. The van der Waals surface area contributed by atoms with Gasteiger partial charge in [-0.25, -0.2) is 0 Å². The maximum Gasteiger partial charge on any atom is 0.312 e. The number of Topliss-reactive ketones (excluding diaryl/α,β-unsaturated/α-hetero) is 1. The fourth-order valence-electron chi connectivity index (χ4n) is 1.42. The predicted molar refractivity (Wildman–Crippen MR) is 54.8 cm³/mol. The maximum atomic E-state index is 11.3. The molecule has 0 aliphatic heterocycles. The van der Waals surface area contributed by atoms with Crippen molar-refractivity contribution in [2.45, 2.75) is 27.2 Å². The lowest BCUT2D eigenvalue weighted by Crippen LogP contribution is -2.22. The Morgan fingerprint density at radius 2 is 2.00 bits per heavy atom. The van der Waals surface area contributed by atoms with Gasteiger partial charge in [-0.15, -0.1) is 0 Å². The van der Waals surface area contributed by atoms with Gasteiger partial charge in [0.2, 0.25) is 0 Å². The molecule has 0 radical (unpaired) electrons. The summed E-state index contributed by atoms with van der Waals surface area (Å²) in [6.45, 7) is 5.25. The summed E-state index contributed by atoms with van der Waals surface area (Å²) >= 11 is 0. The van der Waals surface area contributed by atoms with Crippen LogP contribution in [0.4, 0.5) is 0 Å². The minimum atomic E-state index is -0.311. The van der Waals surface area contributed by atoms with E-state index in [2.05, 4.69) is 4.74 Å². The number of allylic oxidation sites excluding steroid dienone is 1. The third kappa shape index (κ3) is 4.21. The number of hydrogen-bond acceptors (Lipinski definition) is 3. The molecule has 0 N–H and O–H groups in total. The van der Waals surface area contributed by atoms with Crippen molar-refractivity contribution in [3.05, 3.63) is 12.2 Å². The molecule has 0 spiro atoms. The van der Waals surface area contributed by atoms with Crippen molar-refractivity contribution in [3.8, 4) is 0 Å². The first-order valence-electron chi connectivity index (χ1n) is 4.73. The highest BCUT2D eigenvalue weighted by atomic mass is 16.5. The van der Waals surface area contributed by atoms with Gasteiger partial charge in [0, 0.05) is 6.42 Å². The zero-order valence-corrected chi connectivity index (χ0v) is 9.24. The molecule has 2 atom stereocenters. The molecule has 0 amide bonds. The van der Waals surface area contributed by atoms with Crippen LogP contribution in [0.15, 0.2) is 12.2 Å². The third-order valence-electron chi connectivity index (χ3n) is 2.10. The van der Waals surface area contributed by atoms with Crippen LogP contribution in [0.1, 0.15) is 27.2 Å². The minimum Gasteiger partial charge on any atom is -0.469 e. The molecule has 0 aliphatic carbocycles. The Kier molecular flexibility index (Phi) is 5.84. The minimum absolute atomic E-state index is 0.00356. The lowest BCUT2D eigenvalue weighted by Gasteiger charge is -2.17. The molecule has 0 bridgehead atoms. The Balaban J connectivity index is 4.47. The fraction of sp³-hybridized carbons (Fsp3) is 0.636. The van der Waals surface area contributed by atoms with E-state index in [0.29, 0.717) is 6.42 Å². The Hall–Kier alpha value is -1.12. The van der Waals surface area contributed by atoms with Crippen molar-refractivity contribution in [2.24, 2.45) is 11.8 Å². The number of methoxy groups -OCH3 is 1. The van der Waals surface area contributed by atoms with Gasteiger partial charge in [0.15, 0.2) is 0 Å². The first-order valence-corrected chi connectivity index (χ1v) is 4.73. The summed E-state index contributed by atoms with van der Waals surface area (Å²) in [7, 11) is 1.36. The van der Waals surface area contributed by atoms with Gasteiger partial charge in [0.1, 0.15) is 5.78 Å². The number of hydrogen-bond donors (Lipinski definition) is 0. The van der Waals surface area contributed by atoms with E-state index in [1.54, 1.807) is 12.2 Å². The van der Waals surface area contributed by atoms with Crippen molar-refractivity contribution in [2.75, 3.05) is 7.11 Å². The van der Waals surface area contributed by atoms with Crippen LogP contribution < -0.4 is 0 Å². The van der Waals surface area contributed by atoms with E-state index >= 15 is 0 Å². The van der Waals surface area contributed by atoms with Crippen LogP contribution in [0.3, 0.4) is 0 Å². The molecular weight excluding hydrogens is 180 g/mol. The molecule has 0 saturated heterocycles. The lowest BCUT2D eigenvalue weighted by atomic mass is 9.89. The molecular formula is C11H18O3. The highest BCUT2D eigenvalue weighted by Crippen LogP contribution is 2.18. The summed E-state index contributed by atoms with van der Waals surface area (Å²) in [6, 6.07) is 0. The van der Waals surface area contributed by atoms with Gasteiger partial charge < -0.3 is 9.53 Å². The van der Waals surface area contributed by atoms with Crippen LogP contribution in [-0.2, 0) is 14.3 Å². The van der Waals surface area contributed by atoms with Gasteiger partial charge in [-0.1, -0.05) is 19.1 Å². The van der Waals surface area contributed by atoms with Crippen LogP contribution in [0.2, 0.25) is 0 Å².